The standard InChI is InChI=1S/C15H15NO5/c1-9(17)10-6-13(15(18)19)16(8-10)12-5-4-11(20-2)7-14(12)21-3/h4-8H,1-3H3,(H,18,19). The largest absolute Gasteiger partial charge is 0.497 e. The van der Waals surface area contributed by atoms with E-state index in [4.69, 9.17) is 9.47 Å². The Morgan fingerprint density at radius 2 is 1.86 bits per heavy atom. The van der Waals surface area contributed by atoms with E-state index < -0.39 is 5.97 Å². The summed E-state index contributed by atoms with van der Waals surface area (Å²) in [5.74, 6) is -0.293. The third-order valence-corrected chi connectivity index (χ3v) is 3.09. The van der Waals surface area contributed by atoms with E-state index in [1.54, 1.807) is 18.2 Å². The van der Waals surface area contributed by atoms with Crippen LogP contribution in [0.3, 0.4) is 0 Å². The summed E-state index contributed by atoms with van der Waals surface area (Å²) in [6, 6.07) is 6.35. The van der Waals surface area contributed by atoms with Crippen molar-refractivity contribution in [2.75, 3.05) is 14.2 Å². The molecule has 2 rings (SSSR count). The molecular weight excluding hydrogens is 274 g/mol. The first-order valence-electron chi connectivity index (χ1n) is 6.17. The summed E-state index contributed by atoms with van der Waals surface area (Å²) in [5, 5.41) is 9.29. The van der Waals surface area contributed by atoms with Crippen molar-refractivity contribution in [3.05, 3.63) is 41.7 Å². The Kier molecular flexibility index (Phi) is 3.98. The highest BCUT2D eigenvalue weighted by molar-refractivity contribution is 5.97. The lowest BCUT2D eigenvalue weighted by Gasteiger charge is -2.12. The van der Waals surface area contributed by atoms with Crippen LogP contribution in [0, 0.1) is 0 Å². The number of carboxylic acid groups (broad SMARTS) is 1. The Morgan fingerprint density at radius 1 is 1.14 bits per heavy atom. The maximum atomic E-state index is 11.5. The smallest absolute Gasteiger partial charge is 0.352 e. The number of Topliss-reactive ketones (excluding diaryl/α,β-unsaturated/α-hetero) is 1. The summed E-state index contributed by atoms with van der Waals surface area (Å²) in [4.78, 5) is 22.8. The third-order valence-electron chi connectivity index (χ3n) is 3.09. The van der Waals surface area contributed by atoms with E-state index in [1.165, 1.54) is 38.0 Å². The molecule has 0 saturated heterocycles. The number of ether oxygens (including phenoxy) is 2. The van der Waals surface area contributed by atoms with Crippen LogP contribution in [-0.2, 0) is 0 Å². The number of methoxy groups -OCH3 is 2. The molecule has 0 unspecified atom stereocenters. The molecule has 6 nitrogen and oxygen atoms in total. The van der Waals surface area contributed by atoms with Crippen molar-refractivity contribution in [3.63, 3.8) is 0 Å². The highest BCUT2D eigenvalue weighted by Gasteiger charge is 2.18. The third kappa shape index (κ3) is 2.74. The first kappa shape index (κ1) is 14.6. The molecule has 0 amide bonds. The highest BCUT2D eigenvalue weighted by atomic mass is 16.5. The summed E-state index contributed by atoms with van der Waals surface area (Å²) < 4.78 is 11.8. The second-order valence-electron chi connectivity index (χ2n) is 4.38. The van der Waals surface area contributed by atoms with Gasteiger partial charge in [-0.25, -0.2) is 4.79 Å². The van der Waals surface area contributed by atoms with Crippen LogP contribution in [0.5, 0.6) is 11.5 Å². The lowest BCUT2D eigenvalue weighted by atomic mass is 10.2. The van der Waals surface area contributed by atoms with Gasteiger partial charge in [-0.15, -0.1) is 0 Å². The minimum Gasteiger partial charge on any atom is -0.497 e. The summed E-state index contributed by atoms with van der Waals surface area (Å²) >= 11 is 0. The number of nitrogens with zero attached hydrogens (tertiary/aromatic N) is 1. The van der Waals surface area contributed by atoms with Crippen molar-refractivity contribution in [2.45, 2.75) is 6.92 Å². The van der Waals surface area contributed by atoms with Crippen molar-refractivity contribution in [1.29, 1.82) is 0 Å². The maximum absolute atomic E-state index is 11.5. The molecule has 2 aromatic rings. The molecule has 0 radical (unpaired) electrons. The topological polar surface area (TPSA) is 77.8 Å². The highest BCUT2D eigenvalue weighted by Crippen LogP contribution is 2.29. The van der Waals surface area contributed by atoms with E-state index in [0.29, 0.717) is 22.7 Å². The van der Waals surface area contributed by atoms with Crippen LogP contribution < -0.4 is 9.47 Å². The number of hydrogen-bond acceptors (Lipinski definition) is 4. The molecule has 0 saturated carbocycles. The summed E-state index contributed by atoms with van der Waals surface area (Å²) in [7, 11) is 3.01. The molecule has 1 N–H and O–H groups in total. The number of hydrogen-bond donors (Lipinski definition) is 1. The predicted octanol–water partition coefficient (Wildman–Crippen LogP) is 2.40. The molecule has 1 aromatic carbocycles. The minimum absolute atomic E-state index is 0.0105. The van der Waals surface area contributed by atoms with E-state index in [1.807, 2.05) is 0 Å². The van der Waals surface area contributed by atoms with Gasteiger partial charge in [0.25, 0.3) is 0 Å². The number of carbonyl (C=O) groups is 2. The predicted molar refractivity (Wildman–Crippen MR) is 75.8 cm³/mol. The molecule has 21 heavy (non-hydrogen) atoms. The Hall–Kier alpha value is -2.76. The van der Waals surface area contributed by atoms with Crippen LogP contribution in [0.4, 0.5) is 0 Å². The van der Waals surface area contributed by atoms with Crippen LogP contribution in [0.15, 0.2) is 30.5 Å². The van der Waals surface area contributed by atoms with E-state index in [2.05, 4.69) is 0 Å². The molecule has 0 atom stereocenters. The molecule has 1 heterocycles. The second kappa shape index (κ2) is 5.70. The maximum Gasteiger partial charge on any atom is 0.352 e. The lowest BCUT2D eigenvalue weighted by Crippen LogP contribution is -2.07. The average molecular weight is 289 g/mol. The molecule has 6 heteroatoms. The van der Waals surface area contributed by atoms with Crippen molar-refractivity contribution < 1.29 is 24.2 Å². The van der Waals surface area contributed by atoms with Gasteiger partial charge >= 0.3 is 5.97 Å². The number of aromatic nitrogens is 1. The average Bonchev–Trinajstić information content (AvgIpc) is 2.91. The Labute approximate surface area is 121 Å². The molecule has 0 fully saturated rings. The fourth-order valence-corrected chi connectivity index (χ4v) is 2.00. The normalized spacial score (nSPS) is 10.2. The number of benzene rings is 1. The molecule has 1 aromatic heterocycles. The molecule has 110 valence electrons. The lowest BCUT2D eigenvalue weighted by molar-refractivity contribution is 0.0688. The van der Waals surface area contributed by atoms with Crippen LogP contribution in [0.2, 0.25) is 0 Å². The summed E-state index contributed by atoms with van der Waals surface area (Å²) in [5.41, 5.74) is 0.831. The second-order valence-corrected chi connectivity index (χ2v) is 4.38. The fraction of sp³-hybridized carbons (Fsp3) is 0.200. The fourth-order valence-electron chi connectivity index (χ4n) is 2.00. The Morgan fingerprint density at radius 3 is 2.38 bits per heavy atom. The Balaban J connectivity index is 2.65. The first-order chi connectivity index (χ1) is 9.97. The first-order valence-corrected chi connectivity index (χ1v) is 6.17. The van der Waals surface area contributed by atoms with E-state index >= 15 is 0 Å². The molecule has 0 aliphatic heterocycles. The van der Waals surface area contributed by atoms with Crippen molar-refractivity contribution in [2.24, 2.45) is 0 Å². The number of carboxylic acids is 1. The molecule has 0 aliphatic rings. The number of aromatic carboxylic acids is 1. The molecule has 0 aliphatic carbocycles. The van der Waals surface area contributed by atoms with Gasteiger partial charge in [0, 0.05) is 17.8 Å². The zero-order valence-corrected chi connectivity index (χ0v) is 11.9. The van der Waals surface area contributed by atoms with Crippen LogP contribution in [0.1, 0.15) is 27.8 Å². The van der Waals surface area contributed by atoms with Gasteiger partial charge in [0.05, 0.1) is 19.9 Å². The van der Waals surface area contributed by atoms with Gasteiger partial charge in [-0.2, -0.15) is 0 Å². The van der Waals surface area contributed by atoms with Gasteiger partial charge in [-0.05, 0) is 25.1 Å². The van der Waals surface area contributed by atoms with Crippen LogP contribution >= 0.6 is 0 Å². The van der Waals surface area contributed by atoms with Crippen molar-refractivity contribution >= 4 is 11.8 Å². The van der Waals surface area contributed by atoms with Crippen LogP contribution in [-0.4, -0.2) is 35.6 Å². The van der Waals surface area contributed by atoms with Gasteiger partial charge in [0.2, 0.25) is 0 Å². The Bertz CT molecular complexity index is 702. The van der Waals surface area contributed by atoms with Crippen molar-refractivity contribution in [1.82, 2.24) is 4.57 Å². The number of rotatable bonds is 5. The molecule has 0 bridgehead atoms. The monoisotopic (exact) mass is 289 g/mol. The molecule has 0 spiro atoms. The van der Waals surface area contributed by atoms with Gasteiger partial charge in [-0.1, -0.05) is 0 Å². The zero-order chi connectivity index (χ0) is 15.6. The van der Waals surface area contributed by atoms with Crippen LogP contribution in [0.25, 0.3) is 5.69 Å². The minimum atomic E-state index is -1.12. The van der Waals surface area contributed by atoms with E-state index in [9.17, 15) is 14.7 Å². The van der Waals surface area contributed by atoms with Gasteiger partial charge < -0.3 is 19.1 Å². The van der Waals surface area contributed by atoms with E-state index in [-0.39, 0.29) is 11.5 Å². The van der Waals surface area contributed by atoms with Gasteiger partial charge in [-0.3, -0.25) is 4.79 Å². The van der Waals surface area contributed by atoms with E-state index in [0.717, 1.165) is 0 Å². The van der Waals surface area contributed by atoms with Crippen molar-refractivity contribution in [3.8, 4) is 17.2 Å². The zero-order valence-electron chi connectivity index (χ0n) is 11.9. The number of ketones is 1. The number of carbonyl (C=O) groups excluding carboxylic acids is 1. The van der Waals surface area contributed by atoms with Gasteiger partial charge in [0.1, 0.15) is 17.2 Å². The summed E-state index contributed by atoms with van der Waals surface area (Å²) in [6.45, 7) is 1.39. The molecular formula is C15H15NO5. The SMILES string of the molecule is COc1ccc(-n2cc(C(C)=O)cc2C(=O)O)c(OC)c1. The summed E-state index contributed by atoms with van der Waals surface area (Å²) in [6.07, 6.45) is 1.48. The van der Waals surface area contributed by atoms with Gasteiger partial charge in [0.15, 0.2) is 5.78 Å². The quantitative estimate of drug-likeness (QED) is 0.855.